The first-order valence-corrected chi connectivity index (χ1v) is 11.4. The van der Waals surface area contributed by atoms with Crippen LogP contribution in [0.1, 0.15) is 31.8 Å². The Labute approximate surface area is 196 Å². The fourth-order valence-corrected chi connectivity index (χ4v) is 3.88. The average molecular weight is 493 g/mol. The average Bonchev–Trinajstić information content (AvgIpc) is 2.84. The second kappa shape index (κ2) is 10.0. The summed E-state index contributed by atoms with van der Waals surface area (Å²) in [6.45, 7) is 4.61. The number of amides is 2. The Hall–Kier alpha value is -3.12. The maximum absolute atomic E-state index is 12.9. The van der Waals surface area contributed by atoms with Gasteiger partial charge in [-0.3, -0.25) is 9.59 Å². The quantitative estimate of drug-likeness (QED) is 0.506. The van der Waals surface area contributed by atoms with E-state index in [2.05, 4.69) is 15.9 Å². The molecule has 0 spiro atoms. The fourth-order valence-electron chi connectivity index (χ4n) is 3.61. The van der Waals surface area contributed by atoms with Gasteiger partial charge >= 0.3 is 0 Å². The van der Waals surface area contributed by atoms with Crippen molar-refractivity contribution in [2.24, 2.45) is 0 Å². The summed E-state index contributed by atoms with van der Waals surface area (Å²) in [5.74, 6) is 0.820. The number of carbonyl (C=O) groups is 2. The first-order valence-electron chi connectivity index (χ1n) is 10.6. The molecule has 1 aliphatic heterocycles. The summed E-state index contributed by atoms with van der Waals surface area (Å²) < 4.78 is 6.75. The van der Waals surface area contributed by atoms with Crippen LogP contribution in [0.2, 0.25) is 0 Å². The molecular formula is C26H25BrN2O3. The van der Waals surface area contributed by atoms with Crippen LogP contribution in [0.15, 0.2) is 77.3 Å². The van der Waals surface area contributed by atoms with Crippen LogP contribution in [0.3, 0.4) is 0 Å². The van der Waals surface area contributed by atoms with Crippen molar-refractivity contribution < 1.29 is 14.3 Å². The highest BCUT2D eigenvalue weighted by Gasteiger charge is 2.25. The van der Waals surface area contributed by atoms with Crippen molar-refractivity contribution in [1.82, 2.24) is 9.80 Å². The SMILES string of the molecule is Cc1ccc(OCc2ccc(C(=O)N3CCN(C(=O)c4ccc(Br)cc4)CC3)cc2)cc1. The van der Waals surface area contributed by atoms with E-state index in [0.29, 0.717) is 43.9 Å². The standard InChI is InChI=1S/C26H25BrN2O3/c1-19-2-12-24(13-3-19)32-18-20-4-6-21(7-5-20)25(30)28-14-16-29(17-15-28)26(31)22-8-10-23(27)11-9-22/h2-13H,14-18H2,1H3. The van der Waals surface area contributed by atoms with Crippen LogP contribution in [-0.4, -0.2) is 47.8 Å². The topological polar surface area (TPSA) is 49.9 Å². The van der Waals surface area contributed by atoms with Gasteiger partial charge in [0.1, 0.15) is 12.4 Å². The van der Waals surface area contributed by atoms with E-state index < -0.39 is 0 Å². The second-order valence-corrected chi connectivity index (χ2v) is 8.81. The zero-order valence-corrected chi connectivity index (χ0v) is 19.5. The summed E-state index contributed by atoms with van der Waals surface area (Å²) >= 11 is 3.39. The molecule has 0 bridgehead atoms. The molecule has 6 heteroatoms. The Bertz CT molecular complexity index is 1070. The molecule has 0 atom stereocenters. The fraction of sp³-hybridized carbons (Fsp3) is 0.231. The molecule has 0 radical (unpaired) electrons. The minimum absolute atomic E-state index is 0.00234. The predicted octanol–water partition coefficient (Wildman–Crippen LogP) is 4.93. The number of piperazine rings is 1. The third kappa shape index (κ3) is 5.37. The predicted molar refractivity (Wildman–Crippen MR) is 128 cm³/mol. The van der Waals surface area contributed by atoms with E-state index >= 15 is 0 Å². The zero-order chi connectivity index (χ0) is 22.5. The van der Waals surface area contributed by atoms with Crippen LogP contribution in [0.25, 0.3) is 0 Å². The van der Waals surface area contributed by atoms with Crippen molar-refractivity contribution in [3.05, 3.63) is 99.5 Å². The van der Waals surface area contributed by atoms with Crippen molar-refractivity contribution in [1.29, 1.82) is 0 Å². The van der Waals surface area contributed by atoms with Gasteiger partial charge in [-0.25, -0.2) is 0 Å². The van der Waals surface area contributed by atoms with Crippen LogP contribution in [0.5, 0.6) is 5.75 Å². The lowest BCUT2D eigenvalue weighted by molar-refractivity contribution is 0.0535. The minimum Gasteiger partial charge on any atom is -0.489 e. The molecule has 0 unspecified atom stereocenters. The van der Waals surface area contributed by atoms with Gasteiger partial charge in [0.15, 0.2) is 0 Å². The number of hydrogen-bond donors (Lipinski definition) is 0. The molecule has 2 amide bonds. The summed E-state index contributed by atoms with van der Waals surface area (Å²) in [5, 5.41) is 0. The molecule has 3 aromatic carbocycles. The lowest BCUT2D eigenvalue weighted by Gasteiger charge is -2.35. The zero-order valence-electron chi connectivity index (χ0n) is 18.0. The van der Waals surface area contributed by atoms with E-state index in [1.165, 1.54) is 5.56 Å². The van der Waals surface area contributed by atoms with Gasteiger partial charge in [-0.1, -0.05) is 45.8 Å². The highest BCUT2D eigenvalue weighted by molar-refractivity contribution is 9.10. The van der Waals surface area contributed by atoms with Crippen molar-refractivity contribution >= 4 is 27.7 Å². The Morgan fingerprint density at radius 2 is 1.22 bits per heavy atom. The van der Waals surface area contributed by atoms with Gasteiger partial charge in [-0.05, 0) is 61.0 Å². The highest BCUT2D eigenvalue weighted by Crippen LogP contribution is 2.17. The molecular weight excluding hydrogens is 468 g/mol. The first-order chi connectivity index (χ1) is 15.5. The number of carbonyl (C=O) groups excluding carboxylic acids is 2. The third-order valence-electron chi connectivity index (χ3n) is 5.57. The van der Waals surface area contributed by atoms with Crippen LogP contribution in [0, 0.1) is 6.92 Å². The van der Waals surface area contributed by atoms with Crippen molar-refractivity contribution in [3.8, 4) is 5.75 Å². The number of rotatable bonds is 5. The Kier molecular flexibility index (Phi) is 6.90. The van der Waals surface area contributed by atoms with Crippen LogP contribution in [-0.2, 0) is 6.61 Å². The molecule has 0 aromatic heterocycles. The Balaban J connectivity index is 1.29. The molecule has 1 saturated heterocycles. The molecule has 0 aliphatic carbocycles. The minimum atomic E-state index is -0.00764. The van der Waals surface area contributed by atoms with Gasteiger partial charge in [0, 0.05) is 41.8 Å². The summed E-state index contributed by atoms with van der Waals surface area (Å²) in [6, 6.07) is 22.8. The van der Waals surface area contributed by atoms with E-state index in [1.807, 2.05) is 84.6 Å². The van der Waals surface area contributed by atoms with Crippen LogP contribution in [0.4, 0.5) is 0 Å². The van der Waals surface area contributed by atoms with E-state index in [0.717, 1.165) is 15.8 Å². The second-order valence-electron chi connectivity index (χ2n) is 7.89. The largest absolute Gasteiger partial charge is 0.489 e. The molecule has 32 heavy (non-hydrogen) atoms. The smallest absolute Gasteiger partial charge is 0.253 e. The maximum Gasteiger partial charge on any atom is 0.253 e. The van der Waals surface area contributed by atoms with Crippen LogP contribution < -0.4 is 4.74 Å². The number of aryl methyl sites for hydroxylation is 1. The molecule has 4 rings (SSSR count). The summed E-state index contributed by atoms with van der Waals surface area (Å²) in [7, 11) is 0. The lowest BCUT2D eigenvalue weighted by atomic mass is 10.1. The summed E-state index contributed by atoms with van der Waals surface area (Å²) in [6.07, 6.45) is 0. The van der Waals surface area contributed by atoms with Crippen molar-refractivity contribution in [3.63, 3.8) is 0 Å². The molecule has 0 N–H and O–H groups in total. The Morgan fingerprint density at radius 3 is 1.72 bits per heavy atom. The van der Waals surface area contributed by atoms with Crippen molar-refractivity contribution in [2.75, 3.05) is 26.2 Å². The van der Waals surface area contributed by atoms with Gasteiger partial charge in [0.2, 0.25) is 0 Å². The van der Waals surface area contributed by atoms with Gasteiger partial charge in [0.05, 0.1) is 0 Å². The number of nitrogens with zero attached hydrogens (tertiary/aromatic N) is 2. The number of hydrogen-bond acceptors (Lipinski definition) is 3. The molecule has 1 heterocycles. The molecule has 164 valence electrons. The van der Waals surface area contributed by atoms with Crippen LogP contribution >= 0.6 is 15.9 Å². The van der Waals surface area contributed by atoms with E-state index in [-0.39, 0.29) is 11.8 Å². The van der Waals surface area contributed by atoms with Gasteiger partial charge in [-0.2, -0.15) is 0 Å². The summed E-state index contributed by atoms with van der Waals surface area (Å²) in [5.41, 5.74) is 3.51. The van der Waals surface area contributed by atoms with E-state index in [9.17, 15) is 9.59 Å². The number of benzene rings is 3. The van der Waals surface area contributed by atoms with Gasteiger partial charge in [-0.15, -0.1) is 0 Å². The third-order valence-corrected chi connectivity index (χ3v) is 6.10. The number of halogens is 1. The monoisotopic (exact) mass is 492 g/mol. The van der Waals surface area contributed by atoms with Gasteiger partial charge in [0.25, 0.3) is 11.8 Å². The summed E-state index contributed by atoms with van der Waals surface area (Å²) in [4.78, 5) is 29.2. The maximum atomic E-state index is 12.9. The molecule has 5 nitrogen and oxygen atoms in total. The van der Waals surface area contributed by atoms with E-state index in [4.69, 9.17) is 4.74 Å². The first kappa shape index (κ1) is 22.1. The molecule has 1 aliphatic rings. The highest BCUT2D eigenvalue weighted by atomic mass is 79.9. The molecule has 3 aromatic rings. The molecule has 0 saturated carbocycles. The van der Waals surface area contributed by atoms with Gasteiger partial charge < -0.3 is 14.5 Å². The number of ether oxygens (including phenoxy) is 1. The lowest BCUT2D eigenvalue weighted by Crippen LogP contribution is -2.50. The normalized spacial score (nSPS) is 13.7. The van der Waals surface area contributed by atoms with Crippen molar-refractivity contribution in [2.45, 2.75) is 13.5 Å². The Morgan fingerprint density at radius 1 is 0.750 bits per heavy atom. The van der Waals surface area contributed by atoms with E-state index in [1.54, 1.807) is 4.90 Å². The molecule has 1 fully saturated rings.